The predicted molar refractivity (Wildman–Crippen MR) is 55.7 cm³/mol. The molecule has 0 amide bonds. The van der Waals surface area contributed by atoms with Gasteiger partial charge < -0.3 is 5.11 Å². The van der Waals surface area contributed by atoms with Gasteiger partial charge >= 0.3 is 0 Å². The maximum atomic E-state index is 8.89. The lowest BCUT2D eigenvalue weighted by Gasteiger charge is -2.10. The molecule has 0 spiro atoms. The first-order valence-corrected chi connectivity index (χ1v) is 4.67. The van der Waals surface area contributed by atoms with Crippen LogP contribution in [0.4, 0.5) is 0 Å². The number of rotatable bonds is 4. The minimum Gasteiger partial charge on any atom is -0.396 e. The zero-order valence-corrected chi connectivity index (χ0v) is 7.98. The SMILES string of the molecule is C/C=C/[C@H](CCO)c1ccccc1. The highest BCUT2D eigenvalue weighted by Gasteiger charge is 2.05. The number of hydrogen-bond donors (Lipinski definition) is 1. The van der Waals surface area contributed by atoms with Gasteiger partial charge in [-0.1, -0.05) is 42.5 Å². The molecule has 1 atom stereocenters. The molecule has 0 saturated heterocycles. The average Bonchev–Trinajstić information content (AvgIpc) is 2.19. The fourth-order valence-corrected chi connectivity index (χ4v) is 1.45. The fourth-order valence-electron chi connectivity index (χ4n) is 1.45. The number of hydrogen-bond acceptors (Lipinski definition) is 1. The van der Waals surface area contributed by atoms with E-state index in [1.807, 2.05) is 31.2 Å². The predicted octanol–water partition coefficient (Wildman–Crippen LogP) is 2.73. The second kappa shape index (κ2) is 5.55. The first kappa shape index (κ1) is 10.0. The van der Waals surface area contributed by atoms with Gasteiger partial charge in [0.1, 0.15) is 0 Å². The third kappa shape index (κ3) is 3.03. The maximum Gasteiger partial charge on any atom is 0.0439 e. The lowest BCUT2D eigenvalue weighted by molar-refractivity contribution is 0.282. The number of aliphatic hydroxyl groups is 1. The normalized spacial score (nSPS) is 13.4. The Hall–Kier alpha value is -1.08. The van der Waals surface area contributed by atoms with Gasteiger partial charge in [0.15, 0.2) is 0 Å². The second-order valence-electron chi connectivity index (χ2n) is 3.06. The molecule has 1 rings (SSSR count). The van der Waals surface area contributed by atoms with Crippen LogP contribution in [-0.4, -0.2) is 11.7 Å². The second-order valence-corrected chi connectivity index (χ2v) is 3.06. The Bertz CT molecular complexity index is 251. The smallest absolute Gasteiger partial charge is 0.0439 e. The summed E-state index contributed by atoms with van der Waals surface area (Å²) >= 11 is 0. The molecule has 0 aliphatic rings. The summed E-state index contributed by atoms with van der Waals surface area (Å²) in [7, 11) is 0. The number of aliphatic hydroxyl groups excluding tert-OH is 1. The van der Waals surface area contributed by atoms with Gasteiger partial charge in [-0.25, -0.2) is 0 Å². The van der Waals surface area contributed by atoms with Crippen molar-refractivity contribution in [2.75, 3.05) is 6.61 Å². The summed E-state index contributed by atoms with van der Waals surface area (Å²) < 4.78 is 0. The lowest BCUT2D eigenvalue weighted by Crippen LogP contribution is -1.97. The molecule has 1 N–H and O–H groups in total. The third-order valence-electron chi connectivity index (χ3n) is 2.09. The van der Waals surface area contributed by atoms with E-state index in [-0.39, 0.29) is 6.61 Å². The van der Waals surface area contributed by atoms with Crippen LogP contribution >= 0.6 is 0 Å². The van der Waals surface area contributed by atoms with Crippen molar-refractivity contribution in [3.05, 3.63) is 48.0 Å². The van der Waals surface area contributed by atoms with E-state index in [9.17, 15) is 0 Å². The number of benzene rings is 1. The Morgan fingerprint density at radius 1 is 1.31 bits per heavy atom. The van der Waals surface area contributed by atoms with Gasteiger partial charge in [0.25, 0.3) is 0 Å². The summed E-state index contributed by atoms with van der Waals surface area (Å²) in [4.78, 5) is 0. The molecule has 1 heteroatoms. The Labute approximate surface area is 79.7 Å². The van der Waals surface area contributed by atoms with E-state index in [1.54, 1.807) is 0 Å². The quantitative estimate of drug-likeness (QED) is 0.699. The molecule has 0 unspecified atom stereocenters. The van der Waals surface area contributed by atoms with Gasteiger partial charge in [0, 0.05) is 12.5 Å². The maximum absolute atomic E-state index is 8.89. The first-order chi connectivity index (χ1) is 6.38. The monoisotopic (exact) mass is 176 g/mol. The molecule has 1 aromatic rings. The molecule has 0 aliphatic carbocycles. The lowest BCUT2D eigenvalue weighted by atomic mass is 9.96. The molecule has 70 valence electrons. The summed E-state index contributed by atoms with van der Waals surface area (Å²) in [6.07, 6.45) is 4.97. The summed E-state index contributed by atoms with van der Waals surface area (Å²) in [6, 6.07) is 10.3. The van der Waals surface area contributed by atoms with Crippen LogP contribution in [0, 0.1) is 0 Å². The first-order valence-electron chi connectivity index (χ1n) is 4.67. The van der Waals surface area contributed by atoms with Crippen molar-refractivity contribution in [2.24, 2.45) is 0 Å². The van der Waals surface area contributed by atoms with Crippen molar-refractivity contribution >= 4 is 0 Å². The van der Waals surface area contributed by atoms with Crippen molar-refractivity contribution in [2.45, 2.75) is 19.3 Å². The molecular formula is C12H16O. The molecule has 0 saturated carbocycles. The van der Waals surface area contributed by atoms with Crippen LogP contribution in [-0.2, 0) is 0 Å². The molecule has 0 fully saturated rings. The zero-order chi connectivity index (χ0) is 9.52. The molecule has 0 aromatic heterocycles. The van der Waals surface area contributed by atoms with Crippen molar-refractivity contribution in [1.29, 1.82) is 0 Å². The highest BCUT2D eigenvalue weighted by molar-refractivity contribution is 5.23. The molecule has 13 heavy (non-hydrogen) atoms. The van der Waals surface area contributed by atoms with E-state index in [0.29, 0.717) is 5.92 Å². The van der Waals surface area contributed by atoms with E-state index in [1.165, 1.54) is 5.56 Å². The van der Waals surface area contributed by atoms with Crippen molar-refractivity contribution < 1.29 is 5.11 Å². The molecular weight excluding hydrogens is 160 g/mol. The van der Waals surface area contributed by atoms with E-state index in [0.717, 1.165) is 6.42 Å². The van der Waals surface area contributed by atoms with Crippen LogP contribution in [0.1, 0.15) is 24.8 Å². The molecule has 1 nitrogen and oxygen atoms in total. The molecule has 0 radical (unpaired) electrons. The standard InChI is InChI=1S/C12H16O/c1-2-6-11(9-10-13)12-7-4-3-5-8-12/h2-8,11,13H,9-10H2,1H3/b6-2+/t11-/m1/s1. The molecule has 1 aromatic carbocycles. The van der Waals surface area contributed by atoms with Crippen molar-refractivity contribution in [3.8, 4) is 0 Å². The van der Waals surface area contributed by atoms with Gasteiger partial charge in [-0.05, 0) is 18.9 Å². The third-order valence-corrected chi connectivity index (χ3v) is 2.09. The minimum absolute atomic E-state index is 0.240. The van der Waals surface area contributed by atoms with Crippen LogP contribution in [0.3, 0.4) is 0 Å². The van der Waals surface area contributed by atoms with Gasteiger partial charge in [-0.3, -0.25) is 0 Å². The summed E-state index contributed by atoms with van der Waals surface area (Å²) in [5, 5.41) is 8.89. The highest BCUT2D eigenvalue weighted by atomic mass is 16.3. The van der Waals surface area contributed by atoms with Crippen molar-refractivity contribution in [1.82, 2.24) is 0 Å². The van der Waals surface area contributed by atoms with Gasteiger partial charge in [-0.15, -0.1) is 0 Å². The van der Waals surface area contributed by atoms with E-state index >= 15 is 0 Å². The minimum atomic E-state index is 0.240. The summed E-state index contributed by atoms with van der Waals surface area (Å²) in [5.74, 6) is 0.358. The number of allylic oxidation sites excluding steroid dienone is 2. The molecule has 0 aliphatic heterocycles. The molecule has 0 heterocycles. The fraction of sp³-hybridized carbons (Fsp3) is 0.333. The van der Waals surface area contributed by atoms with Crippen molar-refractivity contribution in [3.63, 3.8) is 0 Å². The topological polar surface area (TPSA) is 20.2 Å². The van der Waals surface area contributed by atoms with Crippen LogP contribution in [0.5, 0.6) is 0 Å². The average molecular weight is 176 g/mol. The Morgan fingerprint density at radius 2 is 2.00 bits per heavy atom. The van der Waals surface area contributed by atoms with E-state index in [2.05, 4.69) is 18.2 Å². The van der Waals surface area contributed by atoms with E-state index in [4.69, 9.17) is 5.11 Å². The van der Waals surface area contributed by atoms with Gasteiger partial charge in [0.05, 0.1) is 0 Å². The van der Waals surface area contributed by atoms with Crippen LogP contribution < -0.4 is 0 Å². The summed E-state index contributed by atoms with van der Waals surface area (Å²) in [5.41, 5.74) is 1.27. The van der Waals surface area contributed by atoms with E-state index < -0.39 is 0 Å². The van der Waals surface area contributed by atoms with Crippen LogP contribution in [0.15, 0.2) is 42.5 Å². The Morgan fingerprint density at radius 3 is 2.54 bits per heavy atom. The molecule has 0 bridgehead atoms. The van der Waals surface area contributed by atoms with Crippen LogP contribution in [0.2, 0.25) is 0 Å². The van der Waals surface area contributed by atoms with Gasteiger partial charge in [0.2, 0.25) is 0 Å². The Kier molecular flexibility index (Phi) is 4.27. The summed E-state index contributed by atoms with van der Waals surface area (Å²) in [6.45, 7) is 2.25. The Balaban J connectivity index is 2.76. The largest absolute Gasteiger partial charge is 0.396 e. The van der Waals surface area contributed by atoms with Gasteiger partial charge in [-0.2, -0.15) is 0 Å². The van der Waals surface area contributed by atoms with Crippen LogP contribution in [0.25, 0.3) is 0 Å². The highest BCUT2D eigenvalue weighted by Crippen LogP contribution is 2.20. The zero-order valence-electron chi connectivity index (χ0n) is 7.98.